The molecule has 6 aromatic rings. The second-order valence-corrected chi connectivity index (χ2v) is 11.6. The van der Waals surface area contributed by atoms with Crippen LogP contribution in [-0.4, -0.2) is 49.5 Å². The van der Waals surface area contributed by atoms with E-state index in [0.29, 0.717) is 15.6 Å². The van der Waals surface area contributed by atoms with Gasteiger partial charge in [0.1, 0.15) is 12.0 Å². The number of carbonyl (C=O) groups excluding carboxylic acids is 1. The molecule has 0 fully saturated rings. The van der Waals surface area contributed by atoms with Crippen LogP contribution in [0.2, 0.25) is 10.0 Å². The number of nitrogens with one attached hydrogen (secondary N) is 3. The number of pyridine rings is 2. The van der Waals surface area contributed by atoms with Crippen molar-refractivity contribution in [2.75, 3.05) is 43.9 Å². The number of aldehydes is 1. The first-order valence-corrected chi connectivity index (χ1v) is 15.5. The Hall–Kier alpha value is -4.17. The third kappa shape index (κ3) is 6.50. The summed E-state index contributed by atoms with van der Waals surface area (Å²) in [7, 11) is 1.68. The minimum absolute atomic E-state index is 0.626. The third-order valence-corrected chi connectivity index (χ3v) is 8.22. The number of hydrogen-bond acceptors (Lipinski definition) is 7. The maximum atomic E-state index is 11.4. The van der Waals surface area contributed by atoms with Crippen molar-refractivity contribution in [3.63, 3.8) is 0 Å². The van der Waals surface area contributed by atoms with Crippen LogP contribution in [0.5, 0.6) is 5.75 Å². The van der Waals surface area contributed by atoms with Crippen LogP contribution in [0, 0.1) is 0 Å². The number of benzene rings is 4. The van der Waals surface area contributed by atoms with Crippen LogP contribution in [0.25, 0.3) is 43.6 Å². The lowest BCUT2D eigenvalue weighted by Crippen LogP contribution is -2.20. The van der Waals surface area contributed by atoms with Crippen molar-refractivity contribution in [2.45, 2.75) is 19.3 Å². The summed E-state index contributed by atoms with van der Waals surface area (Å²) in [4.78, 5) is 21.0. The number of nitrogens with zero attached hydrogens (tertiary/aromatic N) is 2. The Bertz CT molecular complexity index is 1980. The quantitative estimate of drug-likeness (QED) is 0.0673. The first-order valence-electron chi connectivity index (χ1n) is 14.8. The van der Waals surface area contributed by atoms with E-state index in [1.807, 2.05) is 66.7 Å². The van der Waals surface area contributed by atoms with E-state index in [1.165, 1.54) is 0 Å². The van der Waals surface area contributed by atoms with Gasteiger partial charge in [-0.05, 0) is 105 Å². The van der Waals surface area contributed by atoms with E-state index in [1.54, 1.807) is 13.2 Å². The standard InChI is InChI=1S/C35H33Cl2N5O2/c1-44-25-8-12-31-29(20-25)35(27-10-7-24(37)19-33(27)42-31)39-15-3-2-13-38-14-4-16-40-34-26-9-6-23(36)18-32(26)41-30-11-5-22(21-43)17-28(30)34/h5-12,17-21,38H,2-4,13-16H2,1H3,(H,39,42)(H,40,41). The number of anilines is 2. The number of hydrogen-bond donors (Lipinski definition) is 3. The molecule has 6 rings (SSSR count). The van der Waals surface area contributed by atoms with Crippen LogP contribution in [-0.2, 0) is 0 Å². The summed E-state index contributed by atoms with van der Waals surface area (Å²) in [6, 6.07) is 23.1. The molecule has 0 atom stereocenters. The molecule has 0 bridgehead atoms. The van der Waals surface area contributed by atoms with Gasteiger partial charge in [-0.15, -0.1) is 0 Å². The van der Waals surface area contributed by atoms with Gasteiger partial charge < -0.3 is 20.7 Å². The smallest absolute Gasteiger partial charge is 0.150 e. The predicted molar refractivity (Wildman–Crippen MR) is 184 cm³/mol. The molecule has 0 saturated carbocycles. The molecule has 4 aromatic carbocycles. The average Bonchev–Trinajstić information content (AvgIpc) is 3.04. The first-order chi connectivity index (χ1) is 21.5. The molecule has 7 nitrogen and oxygen atoms in total. The largest absolute Gasteiger partial charge is 0.497 e. The second-order valence-electron chi connectivity index (χ2n) is 10.7. The van der Waals surface area contributed by atoms with Gasteiger partial charge in [-0.3, -0.25) is 4.79 Å². The fourth-order valence-corrected chi connectivity index (χ4v) is 5.89. The van der Waals surface area contributed by atoms with Crippen LogP contribution < -0.4 is 20.7 Å². The lowest BCUT2D eigenvalue weighted by atomic mass is 10.1. The third-order valence-electron chi connectivity index (χ3n) is 7.75. The summed E-state index contributed by atoms with van der Waals surface area (Å²) >= 11 is 12.5. The van der Waals surface area contributed by atoms with Gasteiger partial charge in [0, 0.05) is 50.2 Å². The highest BCUT2D eigenvalue weighted by atomic mass is 35.5. The summed E-state index contributed by atoms with van der Waals surface area (Å²) in [6.07, 6.45) is 3.88. The Morgan fingerprint density at radius 1 is 0.636 bits per heavy atom. The van der Waals surface area contributed by atoms with Crippen molar-refractivity contribution in [3.05, 3.63) is 88.4 Å². The molecule has 224 valence electrons. The Morgan fingerprint density at radius 2 is 1.20 bits per heavy atom. The number of ether oxygens (including phenoxy) is 1. The number of halogens is 2. The van der Waals surface area contributed by atoms with E-state index in [4.69, 9.17) is 37.9 Å². The molecule has 3 N–H and O–H groups in total. The highest BCUT2D eigenvalue weighted by molar-refractivity contribution is 6.32. The van der Waals surface area contributed by atoms with Crippen molar-refractivity contribution < 1.29 is 9.53 Å². The molecule has 0 aliphatic heterocycles. The number of rotatable bonds is 13. The lowest BCUT2D eigenvalue weighted by molar-refractivity contribution is 0.112. The molecule has 2 heterocycles. The molecular formula is C35H33Cl2N5O2. The van der Waals surface area contributed by atoms with Gasteiger partial charge >= 0.3 is 0 Å². The Kier molecular flexibility index (Phi) is 9.26. The summed E-state index contributed by atoms with van der Waals surface area (Å²) < 4.78 is 5.47. The van der Waals surface area contributed by atoms with Gasteiger partial charge in [-0.25, -0.2) is 9.97 Å². The van der Waals surface area contributed by atoms with Crippen molar-refractivity contribution in [3.8, 4) is 5.75 Å². The Balaban J connectivity index is 1.01. The highest BCUT2D eigenvalue weighted by Gasteiger charge is 2.12. The lowest BCUT2D eigenvalue weighted by Gasteiger charge is -2.15. The van der Waals surface area contributed by atoms with Crippen LogP contribution in [0.3, 0.4) is 0 Å². The van der Waals surface area contributed by atoms with Gasteiger partial charge in [-0.2, -0.15) is 0 Å². The zero-order valence-electron chi connectivity index (χ0n) is 24.4. The fraction of sp³-hybridized carbons (Fsp3) is 0.229. The average molecular weight is 627 g/mol. The van der Waals surface area contributed by atoms with Gasteiger partial charge in [0.15, 0.2) is 0 Å². The number of aromatic nitrogens is 2. The van der Waals surface area contributed by atoms with Crippen molar-refractivity contribution in [1.82, 2.24) is 15.3 Å². The molecule has 0 aliphatic carbocycles. The van der Waals surface area contributed by atoms with Gasteiger partial charge in [-0.1, -0.05) is 23.2 Å². The van der Waals surface area contributed by atoms with Gasteiger partial charge in [0.05, 0.1) is 40.6 Å². The zero-order valence-corrected chi connectivity index (χ0v) is 25.9. The topological polar surface area (TPSA) is 88.2 Å². The zero-order chi connectivity index (χ0) is 30.5. The van der Waals surface area contributed by atoms with E-state index in [0.717, 1.165) is 112 Å². The summed E-state index contributed by atoms with van der Waals surface area (Å²) in [5.41, 5.74) is 6.09. The SMILES string of the molecule is COc1ccc2nc3cc(Cl)ccc3c(NCCCCNCCCNc3c4ccc(Cl)cc4nc4ccc(C=O)cc34)c2c1. The van der Waals surface area contributed by atoms with Crippen LogP contribution in [0.1, 0.15) is 29.6 Å². The van der Waals surface area contributed by atoms with Crippen molar-refractivity contribution in [1.29, 1.82) is 0 Å². The Labute approximate surface area is 265 Å². The molecular weight excluding hydrogens is 593 g/mol. The molecule has 0 aliphatic rings. The summed E-state index contributed by atoms with van der Waals surface area (Å²) in [6.45, 7) is 3.46. The van der Waals surface area contributed by atoms with E-state index in [2.05, 4.69) is 16.0 Å². The molecule has 0 amide bonds. The summed E-state index contributed by atoms with van der Waals surface area (Å²) in [5.74, 6) is 0.801. The van der Waals surface area contributed by atoms with Crippen LogP contribution >= 0.6 is 23.2 Å². The monoisotopic (exact) mass is 625 g/mol. The number of methoxy groups -OCH3 is 1. The molecule has 2 aromatic heterocycles. The van der Waals surface area contributed by atoms with E-state index in [9.17, 15) is 4.79 Å². The predicted octanol–water partition coefficient (Wildman–Crippen LogP) is 8.50. The second kappa shape index (κ2) is 13.6. The van der Waals surface area contributed by atoms with E-state index in [-0.39, 0.29) is 0 Å². The highest BCUT2D eigenvalue weighted by Crippen LogP contribution is 2.35. The van der Waals surface area contributed by atoms with Gasteiger partial charge in [0.2, 0.25) is 0 Å². The molecule has 0 spiro atoms. The van der Waals surface area contributed by atoms with E-state index >= 15 is 0 Å². The van der Waals surface area contributed by atoms with Crippen LogP contribution in [0.4, 0.5) is 11.4 Å². The molecule has 0 radical (unpaired) electrons. The molecule has 9 heteroatoms. The maximum absolute atomic E-state index is 11.4. The summed E-state index contributed by atoms with van der Waals surface area (Å²) in [5, 5.41) is 16.1. The number of carbonyl (C=O) groups is 1. The van der Waals surface area contributed by atoms with Crippen molar-refractivity contribution >= 4 is 84.5 Å². The fourth-order valence-electron chi connectivity index (χ4n) is 5.55. The molecule has 0 unspecified atom stereocenters. The molecule has 0 saturated heterocycles. The minimum Gasteiger partial charge on any atom is -0.497 e. The normalized spacial score (nSPS) is 11.4. The molecule has 44 heavy (non-hydrogen) atoms. The van der Waals surface area contributed by atoms with Gasteiger partial charge in [0.25, 0.3) is 0 Å². The number of unbranched alkanes of at least 4 members (excludes halogenated alkanes) is 1. The minimum atomic E-state index is 0.626. The van der Waals surface area contributed by atoms with E-state index < -0.39 is 0 Å². The number of fused-ring (bicyclic) bond motifs is 4. The Morgan fingerprint density at radius 3 is 1.84 bits per heavy atom. The maximum Gasteiger partial charge on any atom is 0.150 e. The first kappa shape index (κ1) is 29.9. The van der Waals surface area contributed by atoms with Crippen molar-refractivity contribution in [2.24, 2.45) is 0 Å². The van der Waals surface area contributed by atoms with Crippen LogP contribution in [0.15, 0.2) is 72.8 Å².